The van der Waals surface area contributed by atoms with Gasteiger partial charge >= 0.3 is 5.51 Å². The van der Waals surface area contributed by atoms with Crippen LogP contribution in [0, 0.1) is 11.3 Å². The highest BCUT2D eigenvalue weighted by atomic mass is 35.5. The molecule has 1 heterocycles. The van der Waals surface area contributed by atoms with E-state index in [4.69, 9.17) is 10.5 Å². The van der Waals surface area contributed by atoms with E-state index in [0.717, 1.165) is 12.8 Å². The Morgan fingerprint density at radius 2 is 2.09 bits per heavy atom. The Labute approximate surface area is 138 Å². The van der Waals surface area contributed by atoms with Gasteiger partial charge in [-0.1, -0.05) is 13.8 Å². The summed E-state index contributed by atoms with van der Waals surface area (Å²) in [7, 11) is 0. The first kappa shape index (κ1) is 19.9. The lowest BCUT2D eigenvalue weighted by molar-refractivity contribution is -0.225. The molecule has 4 nitrogen and oxygen atoms in total. The normalized spacial score (nSPS) is 33.2. The topological polar surface area (TPSA) is 64.3 Å². The molecule has 22 heavy (non-hydrogen) atoms. The molecule has 3 N–H and O–H groups in total. The first-order valence-electron chi connectivity index (χ1n) is 7.00. The van der Waals surface area contributed by atoms with E-state index in [1.54, 1.807) is 0 Å². The minimum atomic E-state index is -4.27. The lowest BCUT2D eigenvalue weighted by atomic mass is 9.46. The van der Waals surface area contributed by atoms with Gasteiger partial charge in [0.25, 0.3) is 0 Å². The molecule has 3 unspecified atom stereocenters. The van der Waals surface area contributed by atoms with Crippen molar-refractivity contribution in [3.8, 4) is 0 Å². The van der Waals surface area contributed by atoms with Gasteiger partial charge in [-0.25, -0.2) is 0 Å². The standard InChI is InChI=1S/C13H21F3N2O2S.ClH/c1-11(2)9-8(4-3-6-20-9)12(11,17)10(19)18-5-7-21-13(14,15)16;/h8-9H,3-7,17H2,1-2H3,(H,18,19);1H. The van der Waals surface area contributed by atoms with Crippen LogP contribution in [-0.4, -0.2) is 42.0 Å². The van der Waals surface area contributed by atoms with Crippen LogP contribution in [-0.2, 0) is 9.53 Å². The number of amides is 1. The number of carbonyl (C=O) groups is 1. The van der Waals surface area contributed by atoms with E-state index in [0.29, 0.717) is 6.61 Å². The van der Waals surface area contributed by atoms with Gasteiger partial charge in [0.2, 0.25) is 5.91 Å². The minimum absolute atomic E-state index is 0. The van der Waals surface area contributed by atoms with Gasteiger partial charge in [-0.05, 0) is 24.6 Å². The van der Waals surface area contributed by atoms with Gasteiger partial charge in [0.1, 0.15) is 5.54 Å². The van der Waals surface area contributed by atoms with Gasteiger partial charge < -0.3 is 15.8 Å². The van der Waals surface area contributed by atoms with E-state index in [9.17, 15) is 18.0 Å². The maximum absolute atomic E-state index is 12.4. The van der Waals surface area contributed by atoms with Crippen molar-refractivity contribution in [2.45, 2.75) is 43.8 Å². The number of hydrogen-bond acceptors (Lipinski definition) is 4. The summed E-state index contributed by atoms with van der Waals surface area (Å²) in [5, 5.41) is 2.55. The highest BCUT2D eigenvalue weighted by Crippen LogP contribution is 2.57. The predicted octanol–water partition coefficient (Wildman–Crippen LogP) is 2.31. The third kappa shape index (κ3) is 3.34. The first-order chi connectivity index (χ1) is 9.61. The summed E-state index contributed by atoms with van der Waals surface area (Å²) in [6.45, 7) is 4.38. The molecule has 2 fully saturated rings. The molecule has 0 aromatic rings. The molecule has 0 spiro atoms. The second kappa shape index (κ2) is 6.75. The summed E-state index contributed by atoms with van der Waals surface area (Å²) in [5.41, 5.74) is 0.468. The SMILES string of the molecule is CC1(C)C2OCCCC2C1(N)C(=O)NCCSC(F)(F)F.Cl. The smallest absolute Gasteiger partial charge is 0.377 e. The summed E-state index contributed by atoms with van der Waals surface area (Å²) in [5.74, 6) is -0.644. The summed E-state index contributed by atoms with van der Waals surface area (Å²) < 4.78 is 41.8. The number of rotatable bonds is 4. The number of nitrogens with one attached hydrogen (secondary N) is 1. The zero-order chi connectivity index (χ0) is 15.9. The molecular weight excluding hydrogens is 341 g/mol. The lowest BCUT2D eigenvalue weighted by Gasteiger charge is -2.65. The van der Waals surface area contributed by atoms with Gasteiger partial charge in [0.15, 0.2) is 0 Å². The second-order valence-corrected chi connectivity index (χ2v) is 7.34. The Balaban J connectivity index is 0.00000242. The van der Waals surface area contributed by atoms with Gasteiger partial charge in [0, 0.05) is 30.2 Å². The average Bonchev–Trinajstić information content (AvgIpc) is 2.41. The van der Waals surface area contributed by atoms with Crippen molar-refractivity contribution in [2.24, 2.45) is 17.1 Å². The van der Waals surface area contributed by atoms with Crippen LogP contribution in [0.15, 0.2) is 0 Å². The van der Waals surface area contributed by atoms with Crippen molar-refractivity contribution in [3.05, 3.63) is 0 Å². The zero-order valence-electron chi connectivity index (χ0n) is 12.5. The summed E-state index contributed by atoms with van der Waals surface area (Å²) in [4.78, 5) is 12.4. The third-order valence-corrected chi connectivity index (χ3v) is 5.45. The molecule has 1 saturated carbocycles. The van der Waals surface area contributed by atoms with Gasteiger partial charge in [-0.15, -0.1) is 12.4 Å². The summed E-state index contributed by atoms with van der Waals surface area (Å²) in [6.07, 6.45) is 1.62. The molecule has 9 heteroatoms. The van der Waals surface area contributed by atoms with E-state index in [1.165, 1.54) is 0 Å². The maximum Gasteiger partial charge on any atom is 0.441 e. The summed E-state index contributed by atoms with van der Waals surface area (Å²) in [6, 6.07) is 0. The highest BCUT2D eigenvalue weighted by Gasteiger charge is 2.70. The number of carbonyl (C=O) groups excluding carboxylic acids is 1. The molecule has 1 aliphatic carbocycles. The van der Waals surface area contributed by atoms with Gasteiger partial charge in [-0.2, -0.15) is 13.2 Å². The van der Waals surface area contributed by atoms with Crippen LogP contribution in [0.2, 0.25) is 0 Å². The molecule has 2 aliphatic rings. The fourth-order valence-electron chi connectivity index (χ4n) is 3.51. The number of halogens is 4. The number of ether oxygens (including phenoxy) is 1. The molecule has 0 bridgehead atoms. The minimum Gasteiger partial charge on any atom is -0.377 e. The van der Waals surface area contributed by atoms with Crippen LogP contribution >= 0.6 is 24.2 Å². The number of hydrogen-bond donors (Lipinski definition) is 2. The van der Waals surface area contributed by atoms with Crippen LogP contribution in [0.4, 0.5) is 13.2 Å². The number of nitrogens with two attached hydrogens (primary N) is 1. The van der Waals surface area contributed by atoms with Gasteiger partial charge in [-0.3, -0.25) is 4.79 Å². The quantitative estimate of drug-likeness (QED) is 0.753. The van der Waals surface area contributed by atoms with Crippen molar-refractivity contribution in [2.75, 3.05) is 18.9 Å². The maximum atomic E-state index is 12.4. The molecular formula is C13H22ClF3N2O2S. The van der Waals surface area contributed by atoms with Crippen molar-refractivity contribution in [1.29, 1.82) is 0 Å². The van der Waals surface area contributed by atoms with E-state index in [-0.39, 0.29) is 54.4 Å². The summed E-state index contributed by atoms with van der Waals surface area (Å²) >= 11 is -0.146. The van der Waals surface area contributed by atoms with Crippen molar-refractivity contribution < 1.29 is 22.7 Å². The molecule has 0 aromatic heterocycles. The van der Waals surface area contributed by atoms with E-state index >= 15 is 0 Å². The monoisotopic (exact) mass is 362 g/mol. The number of thioether (sulfide) groups is 1. The van der Waals surface area contributed by atoms with Crippen LogP contribution in [0.25, 0.3) is 0 Å². The molecule has 1 amide bonds. The molecule has 130 valence electrons. The fourth-order valence-corrected chi connectivity index (χ4v) is 3.95. The average molecular weight is 363 g/mol. The fraction of sp³-hybridized carbons (Fsp3) is 0.923. The Morgan fingerprint density at radius 1 is 1.45 bits per heavy atom. The van der Waals surface area contributed by atoms with Crippen molar-refractivity contribution in [1.82, 2.24) is 5.32 Å². The largest absolute Gasteiger partial charge is 0.441 e. The van der Waals surface area contributed by atoms with Crippen LogP contribution < -0.4 is 11.1 Å². The Bertz CT molecular complexity index is 423. The van der Waals surface area contributed by atoms with Crippen molar-refractivity contribution >= 4 is 30.1 Å². The Morgan fingerprint density at radius 3 is 2.68 bits per heavy atom. The Hall–Kier alpha value is -0.180. The molecule has 1 aliphatic heterocycles. The molecule has 1 saturated heterocycles. The molecule has 2 rings (SSSR count). The van der Waals surface area contributed by atoms with E-state index in [2.05, 4.69) is 5.32 Å². The van der Waals surface area contributed by atoms with Gasteiger partial charge in [0.05, 0.1) is 6.10 Å². The van der Waals surface area contributed by atoms with Crippen LogP contribution in [0.1, 0.15) is 26.7 Å². The Kier molecular flexibility index (Phi) is 6.09. The van der Waals surface area contributed by atoms with Crippen LogP contribution in [0.5, 0.6) is 0 Å². The number of fused-ring (bicyclic) bond motifs is 1. The van der Waals surface area contributed by atoms with E-state index < -0.39 is 16.5 Å². The van der Waals surface area contributed by atoms with Crippen LogP contribution in [0.3, 0.4) is 0 Å². The lowest BCUT2D eigenvalue weighted by Crippen LogP contribution is -2.82. The highest BCUT2D eigenvalue weighted by molar-refractivity contribution is 8.00. The molecule has 0 radical (unpaired) electrons. The first-order valence-corrected chi connectivity index (χ1v) is 7.99. The third-order valence-electron chi connectivity index (χ3n) is 4.71. The number of alkyl halides is 3. The molecule has 3 atom stereocenters. The second-order valence-electron chi connectivity index (χ2n) is 6.18. The zero-order valence-corrected chi connectivity index (χ0v) is 14.2. The molecule has 0 aromatic carbocycles. The predicted molar refractivity (Wildman–Crippen MR) is 81.9 cm³/mol. The van der Waals surface area contributed by atoms with E-state index in [1.807, 2.05) is 13.8 Å². The van der Waals surface area contributed by atoms with Crippen molar-refractivity contribution in [3.63, 3.8) is 0 Å².